The van der Waals surface area contributed by atoms with Gasteiger partial charge in [-0.05, 0) is 57.8 Å². The summed E-state index contributed by atoms with van der Waals surface area (Å²) in [4.78, 5) is 24.6. The lowest BCUT2D eigenvalue weighted by atomic mass is 10.0. The lowest BCUT2D eigenvalue weighted by molar-refractivity contribution is -0.143. The second kappa shape index (κ2) is 67.8. The van der Waals surface area contributed by atoms with Crippen molar-refractivity contribution in [2.45, 2.75) is 411 Å². The number of nitrogens with one attached hydrogen (secondary N) is 1. The molecule has 2 atom stereocenters. The van der Waals surface area contributed by atoms with Crippen LogP contribution in [0.15, 0.2) is 24.3 Å². The van der Waals surface area contributed by atoms with Gasteiger partial charge in [-0.2, -0.15) is 0 Å². The number of ether oxygens (including phenoxy) is 1. The number of carbonyl (C=O) groups excluding carboxylic acids is 2. The van der Waals surface area contributed by atoms with Crippen LogP contribution in [0.5, 0.6) is 0 Å². The monoisotopic (exact) mass is 1100 g/mol. The molecule has 0 rings (SSSR count). The highest BCUT2D eigenvalue weighted by atomic mass is 16.5. The second-order valence-corrected chi connectivity index (χ2v) is 24.6. The Hall–Kier alpha value is -1.66. The first kappa shape index (κ1) is 76.3. The maximum atomic E-state index is 12.5. The van der Waals surface area contributed by atoms with Gasteiger partial charge in [0.1, 0.15) is 0 Å². The molecule has 6 heteroatoms. The first-order valence-electron chi connectivity index (χ1n) is 35.6. The molecule has 0 aliphatic carbocycles. The first-order valence-corrected chi connectivity index (χ1v) is 35.6. The lowest BCUT2D eigenvalue weighted by Gasteiger charge is -2.20. The van der Waals surface area contributed by atoms with Crippen LogP contribution in [0.25, 0.3) is 0 Å². The topological polar surface area (TPSA) is 95.9 Å². The zero-order valence-electron chi connectivity index (χ0n) is 52.9. The summed E-state index contributed by atoms with van der Waals surface area (Å²) in [6.45, 7) is 4.94. The zero-order valence-corrected chi connectivity index (χ0v) is 52.9. The van der Waals surface area contributed by atoms with Crippen molar-refractivity contribution in [3.05, 3.63) is 24.3 Å². The number of hydrogen-bond acceptors (Lipinski definition) is 5. The van der Waals surface area contributed by atoms with Crippen LogP contribution in [0.4, 0.5) is 0 Å². The van der Waals surface area contributed by atoms with Gasteiger partial charge < -0.3 is 20.3 Å². The fraction of sp³-hybridized carbons (Fsp3) is 0.917. The van der Waals surface area contributed by atoms with Gasteiger partial charge in [-0.3, -0.25) is 9.59 Å². The van der Waals surface area contributed by atoms with Gasteiger partial charge in [-0.1, -0.05) is 353 Å². The highest BCUT2D eigenvalue weighted by Crippen LogP contribution is 2.19. The zero-order chi connectivity index (χ0) is 56.4. The summed E-state index contributed by atoms with van der Waals surface area (Å²) in [7, 11) is 0. The Bertz CT molecular complexity index is 1220. The molecule has 78 heavy (non-hydrogen) atoms. The molecule has 0 heterocycles. The Kier molecular flexibility index (Phi) is 66.4. The van der Waals surface area contributed by atoms with Gasteiger partial charge in [0.2, 0.25) is 5.91 Å². The van der Waals surface area contributed by atoms with Crippen molar-refractivity contribution in [2.75, 3.05) is 13.2 Å². The van der Waals surface area contributed by atoms with E-state index >= 15 is 0 Å². The van der Waals surface area contributed by atoms with Gasteiger partial charge >= 0.3 is 5.97 Å². The van der Waals surface area contributed by atoms with Gasteiger partial charge in [0.05, 0.1) is 25.4 Å². The molecule has 0 aliphatic heterocycles. The van der Waals surface area contributed by atoms with Crippen molar-refractivity contribution in [3.63, 3.8) is 0 Å². The van der Waals surface area contributed by atoms with Crippen LogP contribution in [-0.2, 0) is 14.3 Å². The molecule has 0 bridgehead atoms. The van der Waals surface area contributed by atoms with Crippen molar-refractivity contribution in [3.8, 4) is 0 Å². The molecule has 0 aliphatic rings. The van der Waals surface area contributed by atoms with E-state index in [-0.39, 0.29) is 18.5 Å². The number of esters is 1. The fourth-order valence-corrected chi connectivity index (χ4v) is 11.3. The molecule has 6 nitrogen and oxygen atoms in total. The van der Waals surface area contributed by atoms with Crippen molar-refractivity contribution in [1.82, 2.24) is 5.32 Å². The van der Waals surface area contributed by atoms with Gasteiger partial charge in [-0.15, -0.1) is 0 Å². The molecule has 0 aromatic rings. The van der Waals surface area contributed by atoms with Crippen LogP contribution in [-0.4, -0.2) is 47.4 Å². The van der Waals surface area contributed by atoms with E-state index in [1.54, 1.807) is 6.08 Å². The summed E-state index contributed by atoms with van der Waals surface area (Å²) in [5.74, 6) is -0.0515. The van der Waals surface area contributed by atoms with Crippen molar-refractivity contribution in [1.29, 1.82) is 0 Å². The number of aliphatic hydroxyl groups excluding tert-OH is 2. The number of carbonyl (C=O) groups is 2. The van der Waals surface area contributed by atoms with Crippen molar-refractivity contribution in [2.24, 2.45) is 0 Å². The van der Waals surface area contributed by atoms with E-state index in [1.807, 2.05) is 6.08 Å². The average molecular weight is 1100 g/mol. The van der Waals surface area contributed by atoms with Crippen LogP contribution >= 0.6 is 0 Å². The van der Waals surface area contributed by atoms with E-state index in [4.69, 9.17) is 4.74 Å². The van der Waals surface area contributed by atoms with Crippen LogP contribution < -0.4 is 5.32 Å². The Morgan fingerprint density at radius 3 is 0.910 bits per heavy atom. The number of amides is 1. The predicted octanol–water partition coefficient (Wildman–Crippen LogP) is 22.9. The number of aliphatic hydroxyl groups is 2. The number of rotatable bonds is 67. The third-order valence-corrected chi connectivity index (χ3v) is 16.7. The third kappa shape index (κ3) is 63.5. The van der Waals surface area contributed by atoms with Gasteiger partial charge in [0, 0.05) is 12.8 Å². The highest BCUT2D eigenvalue weighted by molar-refractivity contribution is 5.76. The van der Waals surface area contributed by atoms with E-state index in [0.717, 1.165) is 38.5 Å². The quantitative estimate of drug-likeness (QED) is 0.0320. The molecule has 3 N–H and O–H groups in total. The minimum atomic E-state index is -0.848. The SMILES string of the molecule is CCCCCCCCCCCCCCCCCC/C=C/C(O)C(CO)NC(=O)CCCCCCCCCC/C=C\CCCCCCCCCCCCCCOC(=O)CCCCCCCCCCCCCCCCCCCCC. The normalized spacial score (nSPS) is 12.6. The Morgan fingerprint density at radius 2 is 0.603 bits per heavy atom. The maximum Gasteiger partial charge on any atom is 0.305 e. The predicted molar refractivity (Wildman–Crippen MR) is 343 cm³/mol. The molecule has 0 radical (unpaired) electrons. The standard InChI is InChI=1S/C72H139NO5/c1-3-5-7-9-11-13-15-17-19-21-29-34-38-42-46-50-54-58-62-66-72(77)78-67-63-59-55-51-47-43-39-35-31-28-26-24-23-25-27-30-33-37-41-45-49-53-57-61-65-71(76)73-69(68-74)70(75)64-60-56-52-48-44-40-36-32-22-20-18-16-14-12-10-8-6-4-2/h25,27,60,64,69-70,74-75H,3-24,26,28-59,61-63,65-68H2,1-2H3,(H,73,76)/b27-25-,64-60+. The number of allylic oxidation sites excluding steroid dienone is 3. The van der Waals surface area contributed by atoms with Gasteiger partial charge in [0.25, 0.3) is 0 Å². The van der Waals surface area contributed by atoms with Gasteiger partial charge in [-0.25, -0.2) is 0 Å². The third-order valence-electron chi connectivity index (χ3n) is 16.7. The minimum absolute atomic E-state index is 0.0177. The summed E-state index contributed by atoms with van der Waals surface area (Å²) < 4.78 is 5.51. The van der Waals surface area contributed by atoms with Crippen molar-refractivity contribution < 1.29 is 24.5 Å². The molecule has 0 spiro atoms. The van der Waals surface area contributed by atoms with Gasteiger partial charge in [0.15, 0.2) is 0 Å². The molecule has 0 fully saturated rings. The van der Waals surface area contributed by atoms with Crippen molar-refractivity contribution >= 4 is 11.9 Å². The molecule has 0 saturated carbocycles. The molecule has 1 amide bonds. The highest BCUT2D eigenvalue weighted by Gasteiger charge is 2.18. The Labute approximate surface area is 488 Å². The smallest absolute Gasteiger partial charge is 0.305 e. The van der Waals surface area contributed by atoms with Crippen LogP contribution in [0.2, 0.25) is 0 Å². The summed E-state index contributed by atoms with van der Waals surface area (Å²) in [5.41, 5.74) is 0. The van der Waals surface area contributed by atoms with E-state index in [2.05, 4.69) is 31.3 Å². The lowest BCUT2D eigenvalue weighted by Crippen LogP contribution is -2.45. The summed E-state index contributed by atoms with van der Waals surface area (Å²) >= 11 is 0. The molecular formula is C72H139NO5. The fourth-order valence-electron chi connectivity index (χ4n) is 11.3. The summed E-state index contributed by atoms with van der Waals surface area (Å²) in [6.07, 6.45) is 85.4. The van der Waals surface area contributed by atoms with E-state index < -0.39 is 12.1 Å². The molecule has 0 aromatic heterocycles. The Morgan fingerprint density at radius 1 is 0.346 bits per heavy atom. The maximum absolute atomic E-state index is 12.5. The first-order chi connectivity index (χ1) is 38.5. The molecule has 462 valence electrons. The second-order valence-electron chi connectivity index (χ2n) is 24.6. The van der Waals surface area contributed by atoms with E-state index in [0.29, 0.717) is 19.4 Å². The van der Waals surface area contributed by atoms with Crippen LogP contribution in [0.1, 0.15) is 399 Å². The van der Waals surface area contributed by atoms with Crippen LogP contribution in [0, 0.1) is 0 Å². The minimum Gasteiger partial charge on any atom is -0.466 e. The number of unbranched alkanes of at least 4 members (excludes halogenated alkanes) is 54. The number of hydrogen-bond donors (Lipinski definition) is 3. The molecule has 0 saturated heterocycles. The molecule has 2 unspecified atom stereocenters. The average Bonchev–Trinajstić information content (AvgIpc) is 3.44. The Balaban J connectivity index is 3.40. The van der Waals surface area contributed by atoms with E-state index in [1.165, 1.54) is 334 Å². The molecule has 0 aromatic carbocycles. The largest absolute Gasteiger partial charge is 0.466 e. The van der Waals surface area contributed by atoms with Crippen LogP contribution in [0.3, 0.4) is 0 Å². The summed E-state index contributed by atoms with van der Waals surface area (Å²) in [6, 6.07) is -0.632. The van der Waals surface area contributed by atoms with E-state index in [9.17, 15) is 19.8 Å². The summed E-state index contributed by atoms with van der Waals surface area (Å²) in [5, 5.41) is 23.2. The molecular weight excluding hydrogens is 959 g/mol.